The second-order valence-corrected chi connectivity index (χ2v) is 5.06. The largest absolute Gasteiger partial charge is 0.312 e. The molecule has 4 heteroatoms. The summed E-state index contributed by atoms with van der Waals surface area (Å²) < 4.78 is 0. The van der Waals surface area contributed by atoms with Gasteiger partial charge >= 0.3 is 0 Å². The Morgan fingerprint density at radius 1 is 1.59 bits per heavy atom. The van der Waals surface area contributed by atoms with Gasteiger partial charge in [0.1, 0.15) is 0 Å². The molecule has 1 heterocycles. The SMILES string of the molecule is CC(=O)N1CCCc2cc(SCC#N)ccc21. The van der Waals surface area contributed by atoms with E-state index in [0.717, 1.165) is 30.0 Å². The van der Waals surface area contributed by atoms with Crippen LogP contribution in [0.5, 0.6) is 0 Å². The van der Waals surface area contributed by atoms with Crippen LogP contribution in [-0.2, 0) is 11.2 Å². The first-order valence-electron chi connectivity index (χ1n) is 5.63. The molecular weight excluding hydrogens is 232 g/mol. The number of nitrogens with zero attached hydrogens (tertiary/aromatic N) is 2. The van der Waals surface area contributed by atoms with Crippen LogP contribution in [-0.4, -0.2) is 18.2 Å². The van der Waals surface area contributed by atoms with Gasteiger partial charge in [-0.15, -0.1) is 11.8 Å². The lowest BCUT2D eigenvalue weighted by atomic mass is 10.0. The zero-order valence-corrected chi connectivity index (χ0v) is 10.6. The van der Waals surface area contributed by atoms with E-state index in [-0.39, 0.29) is 5.91 Å². The van der Waals surface area contributed by atoms with Crippen LogP contribution < -0.4 is 4.90 Å². The Morgan fingerprint density at radius 3 is 3.12 bits per heavy atom. The number of rotatable bonds is 2. The average molecular weight is 246 g/mol. The zero-order valence-electron chi connectivity index (χ0n) is 9.77. The van der Waals surface area contributed by atoms with Crippen LogP contribution in [0.25, 0.3) is 0 Å². The number of carbonyl (C=O) groups is 1. The maximum Gasteiger partial charge on any atom is 0.223 e. The minimum absolute atomic E-state index is 0.100. The minimum atomic E-state index is 0.100. The third-order valence-electron chi connectivity index (χ3n) is 2.85. The fourth-order valence-corrected chi connectivity index (χ4v) is 2.73. The van der Waals surface area contributed by atoms with Gasteiger partial charge in [-0.25, -0.2) is 0 Å². The van der Waals surface area contributed by atoms with Crippen molar-refractivity contribution in [2.24, 2.45) is 0 Å². The molecule has 0 aliphatic carbocycles. The third-order valence-corrected chi connectivity index (χ3v) is 3.71. The Labute approximate surface area is 105 Å². The van der Waals surface area contributed by atoms with E-state index in [1.54, 1.807) is 6.92 Å². The highest BCUT2D eigenvalue weighted by molar-refractivity contribution is 7.99. The number of nitriles is 1. The number of benzene rings is 1. The lowest BCUT2D eigenvalue weighted by molar-refractivity contribution is -0.116. The summed E-state index contributed by atoms with van der Waals surface area (Å²) in [5, 5.41) is 8.56. The first kappa shape index (κ1) is 12.0. The van der Waals surface area contributed by atoms with Gasteiger partial charge < -0.3 is 4.90 Å². The molecular formula is C13H14N2OS. The highest BCUT2D eigenvalue weighted by Crippen LogP contribution is 2.31. The second kappa shape index (κ2) is 5.24. The molecule has 0 spiro atoms. The van der Waals surface area contributed by atoms with Crippen molar-refractivity contribution in [3.05, 3.63) is 23.8 Å². The van der Waals surface area contributed by atoms with Crippen LogP contribution in [0.3, 0.4) is 0 Å². The maximum absolute atomic E-state index is 11.5. The standard InChI is InChI=1S/C13H14N2OS/c1-10(16)15-7-2-3-11-9-12(17-8-6-14)4-5-13(11)15/h4-5,9H,2-3,7-8H2,1H3. The molecule has 0 bridgehead atoms. The van der Waals surface area contributed by atoms with Crippen LogP contribution in [0, 0.1) is 11.3 Å². The molecule has 1 amide bonds. The molecule has 88 valence electrons. The summed E-state index contributed by atoms with van der Waals surface area (Å²) in [4.78, 5) is 14.4. The van der Waals surface area contributed by atoms with Crippen LogP contribution in [0.4, 0.5) is 5.69 Å². The van der Waals surface area contributed by atoms with Gasteiger partial charge in [-0.05, 0) is 36.6 Å². The first-order chi connectivity index (χ1) is 8.22. The lowest BCUT2D eigenvalue weighted by Gasteiger charge is -2.28. The zero-order chi connectivity index (χ0) is 12.3. The summed E-state index contributed by atoms with van der Waals surface area (Å²) in [6.45, 7) is 2.42. The highest BCUT2D eigenvalue weighted by atomic mass is 32.2. The van der Waals surface area contributed by atoms with Gasteiger partial charge in [-0.3, -0.25) is 4.79 Å². The van der Waals surface area contributed by atoms with E-state index in [4.69, 9.17) is 5.26 Å². The second-order valence-electron chi connectivity index (χ2n) is 4.01. The maximum atomic E-state index is 11.5. The normalized spacial score (nSPS) is 14.0. The Bertz CT molecular complexity index is 479. The number of carbonyl (C=O) groups excluding carboxylic acids is 1. The predicted molar refractivity (Wildman–Crippen MR) is 69.1 cm³/mol. The fraction of sp³-hybridized carbons (Fsp3) is 0.385. The molecule has 1 aliphatic heterocycles. The van der Waals surface area contributed by atoms with E-state index in [9.17, 15) is 4.79 Å². The van der Waals surface area contributed by atoms with Crippen molar-refractivity contribution >= 4 is 23.4 Å². The van der Waals surface area contributed by atoms with E-state index >= 15 is 0 Å². The van der Waals surface area contributed by atoms with Crippen molar-refractivity contribution in [3.63, 3.8) is 0 Å². The molecule has 1 aromatic rings. The topological polar surface area (TPSA) is 44.1 Å². The van der Waals surface area contributed by atoms with E-state index in [1.165, 1.54) is 17.3 Å². The Kier molecular flexibility index (Phi) is 3.70. The lowest BCUT2D eigenvalue weighted by Crippen LogP contribution is -2.33. The molecule has 0 aromatic heterocycles. The Balaban J connectivity index is 2.27. The van der Waals surface area contributed by atoms with Crippen LogP contribution in [0.1, 0.15) is 18.9 Å². The van der Waals surface area contributed by atoms with Gasteiger partial charge in [0.15, 0.2) is 0 Å². The molecule has 1 aliphatic rings. The molecule has 3 nitrogen and oxygen atoms in total. The number of thioether (sulfide) groups is 1. The van der Waals surface area contributed by atoms with Gasteiger partial charge in [0.25, 0.3) is 0 Å². The van der Waals surface area contributed by atoms with Gasteiger partial charge in [0.05, 0.1) is 11.8 Å². The van der Waals surface area contributed by atoms with E-state index in [2.05, 4.69) is 12.1 Å². The van der Waals surface area contributed by atoms with Crippen LogP contribution >= 0.6 is 11.8 Å². The van der Waals surface area contributed by atoms with Crippen molar-refractivity contribution in [1.82, 2.24) is 0 Å². The van der Waals surface area contributed by atoms with Crippen molar-refractivity contribution in [3.8, 4) is 6.07 Å². The Morgan fingerprint density at radius 2 is 2.41 bits per heavy atom. The number of fused-ring (bicyclic) bond motifs is 1. The van der Waals surface area contributed by atoms with E-state index < -0.39 is 0 Å². The summed E-state index contributed by atoms with van der Waals surface area (Å²) in [6.07, 6.45) is 2.03. The van der Waals surface area contributed by atoms with Crippen molar-refractivity contribution in [2.45, 2.75) is 24.7 Å². The smallest absolute Gasteiger partial charge is 0.223 e. The molecule has 0 atom stereocenters. The summed E-state index contributed by atoms with van der Waals surface area (Å²) in [7, 11) is 0. The number of amides is 1. The van der Waals surface area contributed by atoms with Gasteiger partial charge in [0.2, 0.25) is 5.91 Å². The number of anilines is 1. The minimum Gasteiger partial charge on any atom is -0.312 e. The molecule has 2 rings (SSSR count). The molecule has 0 N–H and O–H groups in total. The summed E-state index contributed by atoms with van der Waals surface area (Å²) in [5.41, 5.74) is 2.25. The van der Waals surface area contributed by atoms with Crippen molar-refractivity contribution in [2.75, 3.05) is 17.2 Å². The predicted octanol–water partition coefficient (Wildman–Crippen LogP) is 2.60. The van der Waals surface area contributed by atoms with Gasteiger partial charge in [-0.2, -0.15) is 5.26 Å². The van der Waals surface area contributed by atoms with E-state index in [1.807, 2.05) is 17.0 Å². The van der Waals surface area contributed by atoms with Crippen LogP contribution in [0.2, 0.25) is 0 Å². The molecule has 0 unspecified atom stereocenters. The Hall–Kier alpha value is -1.47. The van der Waals surface area contributed by atoms with Gasteiger partial charge in [0, 0.05) is 24.1 Å². The van der Waals surface area contributed by atoms with Gasteiger partial charge in [-0.1, -0.05) is 0 Å². The fourth-order valence-electron chi connectivity index (χ4n) is 2.11. The molecule has 17 heavy (non-hydrogen) atoms. The van der Waals surface area contributed by atoms with Crippen molar-refractivity contribution < 1.29 is 4.79 Å². The molecule has 0 saturated heterocycles. The first-order valence-corrected chi connectivity index (χ1v) is 6.61. The molecule has 0 radical (unpaired) electrons. The monoisotopic (exact) mass is 246 g/mol. The number of hydrogen-bond acceptors (Lipinski definition) is 3. The number of aryl methyl sites for hydroxylation is 1. The average Bonchev–Trinajstić information content (AvgIpc) is 2.35. The highest BCUT2D eigenvalue weighted by Gasteiger charge is 2.19. The third kappa shape index (κ3) is 2.62. The molecule has 0 saturated carbocycles. The van der Waals surface area contributed by atoms with E-state index in [0.29, 0.717) is 5.75 Å². The van der Waals surface area contributed by atoms with Crippen LogP contribution in [0.15, 0.2) is 23.1 Å². The summed E-state index contributed by atoms with van der Waals surface area (Å²) in [6, 6.07) is 8.21. The number of hydrogen-bond donors (Lipinski definition) is 0. The summed E-state index contributed by atoms with van der Waals surface area (Å²) in [5.74, 6) is 0.568. The summed E-state index contributed by atoms with van der Waals surface area (Å²) >= 11 is 1.54. The molecule has 1 aromatic carbocycles. The van der Waals surface area contributed by atoms with Crippen molar-refractivity contribution in [1.29, 1.82) is 5.26 Å². The quantitative estimate of drug-likeness (QED) is 0.753. The molecule has 0 fully saturated rings.